The predicted octanol–water partition coefficient (Wildman–Crippen LogP) is 0.868. The average molecular weight is 176 g/mol. The third-order valence-electron chi connectivity index (χ3n) is 1.92. The van der Waals surface area contributed by atoms with Gasteiger partial charge in [-0.1, -0.05) is 0 Å². The molecule has 0 saturated carbocycles. The number of carbonyl (C=O) groups is 1. The van der Waals surface area contributed by atoms with Gasteiger partial charge in [-0.05, 0) is 12.1 Å². The van der Waals surface area contributed by atoms with Gasteiger partial charge < -0.3 is 10.1 Å². The maximum atomic E-state index is 10.6. The van der Waals surface area contributed by atoms with Gasteiger partial charge in [-0.25, -0.2) is 4.98 Å². The molecule has 2 N–H and O–H groups in total. The highest BCUT2D eigenvalue weighted by atomic mass is 16.3. The number of nitrogens with one attached hydrogen (secondary N) is 1. The molecule has 4 nitrogen and oxygen atoms in total. The van der Waals surface area contributed by atoms with Crippen LogP contribution in [0.1, 0.15) is 16.1 Å². The molecule has 0 aromatic carbocycles. The van der Waals surface area contributed by atoms with Gasteiger partial charge in [0.25, 0.3) is 0 Å². The molecule has 13 heavy (non-hydrogen) atoms. The number of aliphatic hydroxyl groups excluding tert-OH is 1. The van der Waals surface area contributed by atoms with E-state index in [1.165, 1.54) is 0 Å². The highest BCUT2D eigenvalue weighted by Crippen LogP contribution is 2.16. The molecular formula is C9H8N2O2. The topological polar surface area (TPSA) is 66.0 Å². The zero-order valence-corrected chi connectivity index (χ0v) is 6.82. The molecule has 4 heteroatoms. The lowest BCUT2D eigenvalue weighted by molar-refractivity contribution is 0.112. The molecule has 66 valence electrons. The van der Waals surface area contributed by atoms with Gasteiger partial charge in [-0.15, -0.1) is 0 Å². The molecular weight excluding hydrogens is 168 g/mol. The predicted molar refractivity (Wildman–Crippen MR) is 47.4 cm³/mol. The summed E-state index contributed by atoms with van der Waals surface area (Å²) in [5.41, 5.74) is 1.88. The number of hydrogen-bond acceptors (Lipinski definition) is 3. The number of aldehydes is 1. The molecule has 2 aromatic heterocycles. The van der Waals surface area contributed by atoms with Crippen molar-refractivity contribution in [1.29, 1.82) is 0 Å². The van der Waals surface area contributed by atoms with Crippen LogP contribution in [0.4, 0.5) is 0 Å². The van der Waals surface area contributed by atoms with Crippen molar-refractivity contribution < 1.29 is 9.90 Å². The minimum Gasteiger partial charge on any atom is -0.390 e. The van der Waals surface area contributed by atoms with Crippen molar-refractivity contribution in [1.82, 2.24) is 9.97 Å². The fourth-order valence-corrected chi connectivity index (χ4v) is 1.29. The number of nitrogens with zero attached hydrogens (tertiary/aromatic N) is 1. The highest BCUT2D eigenvalue weighted by molar-refractivity contribution is 5.95. The Morgan fingerprint density at radius 3 is 3.15 bits per heavy atom. The third-order valence-corrected chi connectivity index (χ3v) is 1.92. The highest BCUT2D eigenvalue weighted by Gasteiger charge is 2.04. The number of fused-ring (bicyclic) bond motifs is 1. The summed E-state index contributed by atoms with van der Waals surface area (Å²) in [5.74, 6) is 0. The van der Waals surface area contributed by atoms with Crippen LogP contribution in [0, 0.1) is 0 Å². The molecule has 0 spiro atoms. The average Bonchev–Trinajstić information content (AvgIpc) is 2.59. The first kappa shape index (κ1) is 7.94. The van der Waals surface area contributed by atoms with Crippen LogP contribution in [0.2, 0.25) is 0 Å². The van der Waals surface area contributed by atoms with E-state index in [9.17, 15) is 4.79 Å². The summed E-state index contributed by atoms with van der Waals surface area (Å²) in [6, 6.07) is 3.37. The Bertz CT molecular complexity index is 448. The number of aliphatic hydroxyl groups is 1. The second kappa shape index (κ2) is 2.99. The van der Waals surface area contributed by atoms with Crippen LogP contribution in [0.3, 0.4) is 0 Å². The van der Waals surface area contributed by atoms with Gasteiger partial charge in [-0.3, -0.25) is 4.79 Å². The first-order valence-corrected chi connectivity index (χ1v) is 3.88. The lowest BCUT2D eigenvalue weighted by atomic mass is 10.2. The molecule has 0 aliphatic carbocycles. The molecule has 2 heterocycles. The Hall–Kier alpha value is -1.68. The lowest BCUT2D eigenvalue weighted by Crippen LogP contribution is -1.82. The van der Waals surface area contributed by atoms with Gasteiger partial charge in [-0.2, -0.15) is 0 Å². The van der Waals surface area contributed by atoms with E-state index in [4.69, 9.17) is 5.11 Å². The number of aromatic nitrogens is 2. The Kier molecular flexibility index (Phi) is 1.83. The summed E-state index contributed by atoms with van der Waals surface area (Å²) >= 11 is 0. The normalized spacial score (nSPS) is 10.5. The van der Waals surface area contributed by atoms with E-state index in [1.807, 2.05) is 0 Å². The number of H-pyrrole nitrogens is 1. The second-order valence-electron chi connectivity index (χ2n) is 2.73. The first-order valence-electron chi connectivity index (χ1n) is 3.88. The van der Waals surface area contributed by atoms with E-state index in [-0.39, 0.29) is 6.61 Å². The molecule has 0 aliphatic rings. The largest absolute Gasteiger partial charge is 0.390 e. The SMILES string of the molecule is O=Cc1ccnc2[nH]c(CO)cc12. The van der Waals surface area contributed by atoms with Crippen molar-refractivity contribution in [2.75, 3.05) is 0 Å². The fraction of sp³-hybridized carbons (Fsp3) is 0.111. The van der Waals surface area contributed by atoms with Crippen LogP contribution < -0.4 is 0 Å². The number of hydrogen-bond donors (Lipinski definition) is 2. The van der Waals surface area contributed by atoms with Crippen LogP contribution >= 0.6 is 0 Å². The maximum Gasteiger partial charge on any atom is 0.150 e. The number of carbonyl (C=O) groups excluding carboxylic acids is 1. The number of pyridine rings is 1. The van der Waals surface area contributed by atoms with Crippen LogP contribution in [0.5, 0.6) is 0 Å². The zero-order valence-electron chi connectivity index (χ0n) is 6.82. The van der Waals surface area contributed by atoms with E-state index in [1.54, 1.807) is 18.3 Å². The van der Waals surface area contributed by atoms with Crippen molar-refractivity contribution in [3.63, 3.8) is 0 Å². The van der Waals surface area contributed by atoms with Gasteiger partial charge in [0.2, 0.25) is 0 Å². The number of aromatic amines is 1. The zero-order chi connectivity index (χ0) is 9.26. The molecule has 0 saturated heterocycles. The summed E-state index contributed by atoms with van der Waals surface area (Å²) in [6.07, 6.45) is 2.34. The summed E-state index contributed by atoms with van der Waals surface area (Å²) in [5, 5.41) is 9.61. The molecule has 0 atom stereocenters. The van der Waals surface area contributed by atoms with Gasteiger partial charge in [0, 0.05) is 22.8 Å². The van der Waals surface area contributed by atoms with Gasteiger partial charge in [0.05, 0.1) is 6.61 Å². The summed E-state index contributed by atoms with van der Waals surface area (Å²) in [7, 11) is 0. The van der Waals surface area contributed by atoms with Crippen LogP contribution in [0.15, 0.2) is 18.3 Å². The molecule has 0 radical (unpaired) electrons. The van der Waals surface area contributed by atoms with E-state index >= 15 is 0 Å². The van der Waals surface area contributed by atoms with Crippen LogP contribution in [-0.2, 0) is 6.61 Å². The molecule has 0 aliphatic heterocycles. The van der Waals surface area contributed by atoms with Crippen molar-refractivity contribution in [2.45, 2.75) is 6.61 Å². The molecule has 0 bridgehead atoms. The smallest absolute Gasteiger partial charge is 0.150 e. The van der Waals surface area contributed by atoms with E-state index in [0.29, 0.717) is 16.9 Å². The Morgan fingerprint density at radius 2 is 2.46 bits per heavy atom. The standard InChI is InChI=1S/C9H8N2O2/c12-4-6-1-2-10-9-8(6)3-7(5-13)11-9/h1-4,13H,5H2,(H,10,11). The van der Waals surface area contributed by atoms with Gasteiger partial charge in [0.1, 0.15) is 5.65 Å². The quantitative estimate of drug-likeness (QED) is 0.667. The molecule has 0 amide bonds. The molecule has 2 aromatic rings. The minimum absolute atomic E-state index is 0.0747. The van der Waals surface area contributed by atoms with Gasteiger partial charge in [0.15, 0.2) is 6.29 Å². The van der Waals surface area contributed by atoms with Crippen molar-refractivity contribution in [2.24, 2.45) is 0 Å². The van der Waals surface area contributed by atoms with Gasteiger partial charge >= 0.3 is 0 Å². The van der Waals surface area contributed by atoms with E-state index in [0.717, 1.165) is 11.7 Å². The van der Waals surface area contributed by atoms with Crippen molar-refractivity contribution in [3.8, 4) is 0 Å². The van der Waals surface area contributed by atoms with Crippen molar-refractivity contribution >= 4 is 17.3 Å². The van der Waals surface area contributed by atoms with Crippen molar-refractivity contribution in [3.05, 3.63) is 29.6 Å². The Labute approximate surface area is 74.2 Å². The fourth-order valence-electron chi connectivity index (χ4n) is 1.29. The van der Waals surface area contributed by atoms with Crippen LogP contribution in [-0.4, -0.2) is 21.4 Å². The van der Waals surface area contributed by atoms with Crippen LogP contribution in [0.25, 0.3) is 11.0 Å². The first-order chi connectivity index (χ1) is 6.35. The molecule has 0 unspecified atom stereocenters. The third kappa shape index (κ3) is 1.21. The second-order valence-corrected chi connectivity index (χ2v) is 2.73. The van der Waals surface area contributed by atoms with E-state index in [2.05, 4.69) is 9.97 Å². The monoisotopic (exact) mass is 176 g/mol. The minimum atomic E-state index is -0.0747. The summed E-state index contributed by atoms with van der Waals surface area (Å²) in [4.78, 5) is 17.5. The maximum absolute atomic E-state index is 10.6. The summed E-state index contributed by atoms with van der Waals surface area (Å²) in [6.45, 7) is -0.0747. The summed E-state index contributed by atoms with van der Waals surface area (Å²) < 4.78 is 0. The molecule has 2 rings (SSSR count). The molecule has 0 fully saturated rings. The Morgan fingerprint density at radius 1 is 1.62 bits per heavy atom. The number of rotatable bonds is 2. The van der Waals surface area contributed by atoms with E-state index < -0.39 is 0 Å². The lowest BCUT2D eigenvalue weighted by Gasteiger charge is -1.90. The Balaban J connectivity index is 2.74.